The molecule has 0 aliphatic carbocycles. The minimum Gasteiger partial charge on any atom is -0.324 e. The van der Waals surface area contributed by atoms with Gasteiger partial charge in [-0.2, -0.15) is 0 Å². The van der Waals surface area contributed by atoms with Crippen molar-refractivity contribution in [3.8, 4) is 0 Å². The summed E-state index contributed by atoms with van der Waals surface area (Å²) in [5.74, 6) is 0.216. The molecule has 15 heavy (non-hydrogen) atoms. The summed E-state index contributed by atoms with van der Waals surface area (Å²) in [7, 11) is -2.86. The van der Waals surface area contributed by atoms with Crippen molar-refractivity contribution in [1.29, 1.82) is 0 Å². The van der Waals surface area contributed by atoms with Crippen molar-refractivity contribution in [2.45, 2.75) is 18.9 Å². The van der Waals surface area contributed by atoms with Crippen molar-refractivity contribution >= 4 is 9.84 Å². The van der Waals surface area contributed by atoms with Crippen LogP contribution in [0, 0.1) is 0 Å². The van der Waals surface area contributed by atoms with E-state index in [1.807, 2.05) is 30.3 Å². The molecular formula is C11H17NO2S. The van der Waals surface area contributed by atoms with E-state index >= 15 is 0 Å². The van der Waals surface area contributed by atoms with Crippen LogP contribution in [0.15, 0.2) is 30.3 Å². The standard InChI is InChI=1S/C11H17NO2S/c1-15(13,14)9-5-8-11(12)10-6-3-2-4-7-10/h2-4,6-7,11H,5,8-9,12H2,1H3. The molecule has 0 bridgehead atoms. The molecule has 1 aromatic carbocycles. The van der Waals surface area contributed by atoms with E-state index in [1.165, 1.54) is 6.26 Å². The molecule has 0 aliphatic rings. The van der Waals surface area contributed by atoms with Gasteiger partial charge in [0, 0.05) is 18.1 Å². The van der Waals surface area contributed by atoms with Crippen LogP contribution >= 0.6 is 0 Å². The average Bonchev–Trinajstić information content (AvgIpc) is 2.17. The molecule has 1 atom stereocenters. The third-order valence-corrected chi connectivity index (χ3v) is 3.29. The van der Waals surface area contributed by atoms with Crippen molar-refractivity contribution in [2.75, 3.05) is 12.0 Å². The van der Waals surface area contributed by atoms with Crippen LogP contribution in [0.3, 0.4) is 0 Å². The first-order chi connectivity index (χ1) is 6.99. The van der Waals surface area contributed by atoms with E-state index in [9.17, 15) is 8.42 Å². The van der Waals surface area contributed by atoms with E-state index < -0.39 is 9.84 Å². The van der Waals surface area contributed by atoms with Crippen LogP contribution in [0.25, 0.3) is 0 Å². The predicted octanol–water partition coefficient (Wildman–Crippen LogP) is 1.51. The maximum Gasteiger partial charge on any atom is 0.147 e. The number of sulfone groups is 1. The highest BCUT2D eigenvalue weighted by molar-refractivity contribution is 7.90. The lowest BCUT2D eigenvalue weighted by molar-refractivity contribution is 0.588. The van der Waals surface area contributed by atoms with Gasteiger partial charge in [-0.1, -0.05) is 30.3 Å². The highest BCUT2D eigenvalue weighted by Gasteiger charge is 2.07. The van der Waals surface area contributed by atoms with Gasteiger partial charge in [-0.25, -0.2) is 8.42 Å². The summed E-state index contributed by atoms with van der Waals surface area (Å²) in [6, 6.07) is 9.67. The summed E-state index contributed by atoms with van der Waals surface area (Å²) in [6.07, 6.45) is 2.58. The molecule has 0 aliphatic heterocycles. The molecule has 0 saturated heterocycles. The Morgan fingerprint density at radius 2 is 1.87 bits per heavy atom. The molecule has 84 valence electrons. The summed E-state index contributed by atoms with van der Waals surface area (Å²) in [5.41, 5.74) is 6.99. The Hall–Kier alpha value is -0.870. The van der Waals surface area contributed by atoms with Gasteiger partial charge in [0.05, 0.1) is 0 Å². The van der Waals surface area contributed by atoms with E-state index in [0.717, 1.165) is 5.56 Å². The largest absolute Gasteiger partial charge is 0.324 e. The molecule has 1 rings (SSSR count). The van der Waals surface area contributed by atoms with Crippen molar-refractivity contribution in [1.82, 2.24) is 0 Å². The predicted molar refractivity (Wildman–Crippen MR) is 62.3 cm³/mol. The third kappa shape index (κ3) is 4.95. The van der Waals surface area contributed by atoms with Crippen molar-refractivity contribution in [3.05, 3.63) is 35.9 Å². The molecule has 0 fully saturated rings. The van der Waals surface area contributed by atoms with Crippen molar-refractivity contribution in [3.63, 3.8) is 0 Å². The zero-order valence-electron chi connectivity index (χ0n) is 8.89. The van der Waals surface area contributed by atoms with Gasteiger partial charge in [-0.3, -0.25) is 0 Å². The monoisotopic (exact) mass is 227 g/mol. The topological polar surface area (TPSA) is 60.2 Å². The van der Waals surface area contributed by atoms with E-state index in [4.69, 9.17) is 5.73 Å². The van der Waals surface area contributed by atoms with Crippen LogP contribution in [-0.2, 0) is 9.84 Å². The molecule has 4 heteroatoms. The average molecular weight is 227 g/mol. The molecule has 3 nitrogen and oxygen atoms in total. The summed E-state index contributed by atoms with van der Waals surface area (Å²) < 4.78 is 21.8. The van der Waals surface area contributed by atoms with Crippen LogP contribution < -0.4 is 5.73 Å². The first-order valence-electron chi connectivity index (χ1n) is 4.97. The van der Waals surface area contributed by atoms with Gasteiger partial charge in [-0.05, 0) is 18.4 Å². The quantitative estimate of drug-likeness (QED) is 0.829. The molecule has 1 unspecified atom stereocenters. The van der Waals surface area contributed by atoms with E-state index in [-0.39, 0.29) is 11.8 Å². The normalized spacial score (nSPS) is 13.7. The van der Waals surface area contributed by atoms with Crippen LogP contribution in [0.2, 0.25) is 0 Å². The molecule has 0 spiro atoms. The Kier molecular flexibility index (Phi) is 4.29. The summed E-state index contributed by atoms with van der Waals surface area (Å²) >= 11 is 0. The zero-order chi connectivity index (χ0) is 11.3. The molecule has 0 radical (unpaired) electrons. The molecule has 1 aromatic rings. The minimum absolute atomic E-state index is 0.0621. The van der Waals surface area contributed by atoms with E-state index in [2.05, 4.69) is 0 Å². The number of hydrogen-bond donors (Lipinski definition) is 1. The first kappa shape index (κ1) is 12.2. The van der Waals surface area contributed by atoms with Gasteiger partial charge in [0.25, 0.3) is 0 Å². The van der Waals surface area contributed by atoms with Gasteiger partial charge < -0.3 is 5.73 Å². The maximum absolute atomic E-state index is 10.9. The Morgan fingerprint density at radius 1 is 1.27 bits per heavy atom. The lowest BCUT2D eigenvalue weighted by Gasteiger charge is -2.10. The number of nitrogens with two attached hydrogens (primary N) is 1. The van der Waals surface area contributed by atoms with Crippen molar-refractivity contribution < 1.29 is 8.42 Å². The summed E-state index contributed by atoms with van der Waals surface area (Å²) in [5, 5.41) is 0. The molecule has 0 heterocycles. The number of rotatable bonds is 5. The fourth-order valence-corrected chi connectivity index (χ4v) is 2.12. The first-order valence-corrected chi connectivity index (χ1v) is 7.03. The van der Waals surface area contributed by atoms with Gasteiger partial charge >= 0.3 is 0 Å². The molecular weight excluding hydrogens is 210 g/mol. The Bertz CT molecular complexity index is 386. The summed E-state index contributed by atoms with van der Waals surface area (Å²) in [4.78, 5) is 0. The minimum atomic E-state index is -2.86. The molecule has 0 aromatic heterocycles. The highest BCUT2D eigenvalue weighted by atomic mass is 32.2. The second kappa shape index (κ2) is 5.28. The summed E-state index contributed by atoms with van der Waals surface area (Å²) in [6.45, 7) is 0. The Balaban J connectivity index is 2.41. The highest BCUT2D eigenvalue weighted by Crippen LogP contribution is 2.15. The van der Waals surface area contributed by atoms with E-state index in [0.29, 0.717) is 12.8 Å². The maximum atomic E-state index is 10.9. The van der Waals surface area contributed by atoms with Gasteiger partial charge in [0.15, 0.2) is 0 Å². The van der Waals surface area contributed by atoms with Crippen LogP contribution in [0.1, 0.15) is 24.4 Å². The smallest absolute Gasteiger partial charge is 0.147 e. The van der Waals surface area contributed by atoms with Gasteiger partial charge in [-0.15, -0.1) is 0 Å². The van der Waals surface area contributed by atoms with Crippen LogP contribution in [0.5, 0.6) is 0 Å². The second-order valence-electron chi connectivity index (χ2n) is 3.79. The fraction of sp³-hybridized carbons (Fsp3) is 0.455. The lowest BCUT2D eigenvalue weighted by Crippen LogP contribution is -2.12. The molecule has 0 amide bonds. The Labute approximate surface area is 91.2 Å². The third-order valence-electron chi connectivity index (χ3n) is 2.26. The van der Waals surface area contributed by atoms with Gasteiger partial charge in [0.1, 0.15) is 9.84 Å². The lowest BCUT2D eigenvalue weighted by atomic mass is 10.0. The SMILES string of the molecule is CS(=O)(=O)CCCC(N)c1ccccc1. The van der Waals surface area contributed by atoms with E-state index in [1.54, 1.807) is 0 Å². The second-order valence-corrected chi connectivity index (χ2v) is 6.05. The van der Waals surface area contributed by atoms with Crippen molar-refractivity contribution in [2.24, 2.45) is 5.73 Å². The molecule has 2 N–H and O–H groups in total. The van der Waals surface area contributed by atoms with Crippen LogP contribution in [-0.4, -0.2) is 20.4 Å². The fourth-order valence-electron chi connectivity index (χ4n) is 1.43. The van der Waals surface area contributed by atoms with Gasteiger partial charge in [0.2, 0.25) is 0 Å². The number of benzene rings is 1. The van der Waals surface area contributed by atoms with Crippen LogP contribution in [0.4, 0.5) is 0 Å². The molecule has 0 saturated carbocycles. The zero-order valence-corrected chi connectivity index (χ0v) is 9.70. The number of hydrogen-bond acceptors (Lipinski definition) is 3. The Morgan fingerprint density at radius 3 is 2.40 bits per heavy atom.